The molecule has 1 amide bonds. The molecule has 0 aliphatic rings. The fraction of sp³-hybridized carbons (Fsp3) is 0.818. The molecule has 0 aliphatic heterocycles. The highest BCUT2D eigenvalue weighted by Gasteiger charge is 2.21. The van der Waals surface area contributed by atoms with Crippen LogP contribution in [0.2, 0.25) is 0 Å². The average Bonchev–Trinajstić information content (AvgIpc) is 2.10. The summed E-state index contributed by atoms with van der Waals surface area (Å²) in [6.45, 7) is 8.42. The van der Waals surface area contributed by atoms with Crippen LogP contribution in [-0.2, 0) is 14.3 Å². The van der Waals surface area contributed by atoms with Crippen LogP contribution in [0.15, 0.2) is 0 Å². The van der Waals surface area contributed by atoms with E-state index in [1.807, 2.05) is 27.7 Å². The molecule has 0 aliphatic carbocycles. The van der Waals surface area contributed by atoms with Crippen molar-refractivity contribution < 1.29 is 14.3 Å². The van der Waals surface area contributed by atoms with Gasteiger partial charge in [0.15, 0.2) is 0 Å². The van der Waals surface area contributed by atoms with Gasteiger partial charge in [-0.05, 0) is 12.3 Å². The van der Waals surface area contributed by atoms with E-state index in [0.717, 1.165) is 0 Å². The summed E-state index contributed by atoms with van der Waals surface area (Å²) < 4.78 is 4.53. The second kappa shape index (κ2) is 5.73. The van der Waals surface area contributed by atoms with E-state index in [4.69, 9.17) is 0 Å². The molecule has 0 radical (unpaired) electrons. The predicted octanol–water partition coefficient (Wildman–Crippen LogP) is 1.44. The summed E-state index contributed by atoms with van der Waals surface area (Å²) in [4.78, 5) is 24.3. The van der Waals surface area contributed by atoms with Gasteiger partial charge in [0, 0.05) is 13.0 Å². The van der Waals surface area contributed by atoms with E-state index in [0.29, 0.717) is 13.0 Å². The van der Waals surface area contributed by atoms with Gasteiger partial charge in [0.25, 0.3) is 0 Å². The van der Waals surface area contributed by atoms with E-state index < -0.39 is 0 Å². The number of likely N-dealkylation sites (N-methyl/N-ethyl adjacent to an activating group) is 1. The van der Waals surface area contributed by atoms with Gasteiger partial charge >= 0.3 is 5.97 Å². The molecule has 0 atom stereocenters. The number of nitrogens with zero attached hydrogens (tertiary/aromatic N) is 1. The highest BCUT2D eigenvalue weighted by molar-refractivity contribution is 5.82. The van der Waals surface area contributed by atoms with Crippen molar-refractivity contribution in [1.29, 1.82) is 0 Å². The Kier molecular flexibility index (Phi) is 5.33. The SMILES string of the molecule is CCN(CC(=O)OC)C(=O)CC(C)(C)C. The molecule has 0 spiro atoms. The van der Waals surface area contributed by atoms with E-state index in [1.54, 1.807) is 0 Å². The van der Waals surface area contributed by atoms with E-state index in [2.05, 4.69) is 4.74 Å². The summed E-state index contributed by atoms with van der Waals surface area (Å²) in [5.41, 5.74) is -0.0549. The zero-order valence-electron chi connectivity index (χ0n) is 10.3. The van der Waals surface area contributed by atoms with Crippen LogP contribution < -0.4 is 0 Å². The quantitative estimate of drug-likeness (QED) is 0.667. The average molecular weight is 215 g/mol. The van der Waals surface area contributed by atoms with Crippen LogP contribution >= 0.6 is 0 Å². The number of esters is 1. The summed E-state index contributed by atoms with van der Waals surface area (Å²) in [6, 6.07) is 0. The molecule has 4 nitrogen and oxygen atoms in total. The van der Waals surface area contributed by atoms with Crippen LogP contribution in [0.25, 0.3) is 0 Å². The lowest BCUT2D eigenvalue weighted by Crippen LogP contribution is -2.37. The van der Waals surface area contributed by atoms with Gasteiger partial charge in [0.2, 0.25) is 5.91 Å². The maximum absolute atomic E-state index is 11.8. The van der Waals surface area contributed by atoms with Gasteiger partial charge < -0.3 is 9.64 Å². The third-order valence-electron chi connectivity index (χ3n) is 1.96. The number of hydrogen-bond donors (Lipinski definition) is 0. The van der Waals surface area contributed by atoms with Crippen molar-refractivity contribution in [2.45, 2.75) is 34.1 Å². The first-order valence-corrected chi connectivity index (χ1v) is 5.14. The van der Waals surface area contributed by atoms with Crippen LogP contribution in [0.3, 0.4) is 0 Å². The number of rotatable bonds is 4. The molecule has 0 rings (SSSR count). The largest absolute Gasteiger partial charge is 0.468 e. The molecule has 0 bridgehead atoms. The van der Waals surface area contributed by atoms with E-state index in [1.165, 1.54) is 12.0 Å². The van der Waals surface area contributed by atoms with Crippen molar-refractivity contribution in [3.63, 3.8) is 0 Å². The van der Waals surface area contributed by atoms with Crippen molar-refractivity contribution in [1.82, 2.24) is 4.90 Å². The van der Waals surface area contributed by atoms with Crippen LogP contribution in [0.5, 0.6) is 0 Å². The summed E-state index contributed by atoms with van der Waals surface area (Å²) in [5, 5.41) is 0. The van der Waals surface area contributed by atoms with Crippen molar-refractivity contribution in [2.75, 3.05) is 20.2 Å². The van der Waals surface area contributed by atoms with E-state index in [-0.39, 0.29) is 23.8 Å². The lowest BCUT2D eigenvalue weighted by Gasteiger charge is -2.24. The van der Waals surface area contributed by atoms with Crippen LogP contribution in [-0.4, -0.2) is 37.0 Å². The van der Waals surface area contributed by atoms with E-state index >= 15 is 0 Å². The van der Waals surface area contributed by atoms with Crippen LogP contribution in [0.1, 0.15) is 34.1 Å². The van der Waals surface area contributed by atoms with Gasteiger partial charge in [-0.3, -0.25) is 9.59 Å². The number of hydrogen-bond acceptors (Lipinski definition) is 3. The van der Waals surface area contributed by atoms with Crippen LogP contribution in [0, 0.1) is 5.41 Å². The number of methoxy groups -OCH3 is 1. The minimum absolute atomic E-state index is 0.00426. The van der Waals surface area contributed by atoms with Crippen molar-refractivity contribution in [2.24, 2.45) is 5.41 Å². The minimum Gasteiger partial charge on any atom is -0.468 e. The first kappa shape index (κ1) is 13.9. The Morgan fingerprint density at radius 3 is 2.13 bits per heavy atom. The molecule has 0 aromatic heterocycles. The van der Waals surface area contributed by atoms with Gasteiger partial charge in [-0.1, -0.05) is 20.8 Å². The highest BCUT2D eigenvalue weighted by Crippen LogP contribution is 2.19. The van der Waals surface area contributed by atoms with Crippen LogP contribution in [0.4, 0.5) is 0 Å². The molecule has 0 saturated carbocycles. The molecule has 0 heterocycles. The zero-order chi connectivity index (χ0) is 12.1. The minimum atomic E-state index is -0.376. The molecular formula is C11H21NO3. The molecular weight excluding hydrogens is 194 g/mol. The van der Waals surface area contributed by atoms with Gasteiger partial charge in [-0.15, -0.1) is 0 Å². The second-order valence-electron chi connectivity index (χ2n) is 4.72. The number of carbonyl (C=O) groups is 2. The number of ether oxygens (including phenoxy) is 1. The zero-order valence-corrected chi connectivity index (χ0v) is 10.3. The maximum atomic E-state index is 11.8. The Labute approximate surface area is 91.6 Å². The Morgan fingerprint density at radius 2 is 1.80 bits per heavy atom. The Hall–Kier alpha value is -1.06. The van der Waals surface area contributed by atoms with Crippen molar-refractivity contribution in [3.8, 4) is 0 Å². The Bertz CT molecular complexity index is 230. The molecule has 0 aromatic rings. The van der Waals surface area contributed by atoms with E-state index in [9.17, 15) is 9.59 Å². The standard InChI is InChI=1S/C11H21NO3/c1-6-12(8-10(14)15-5)9(13)7-11(2,3)4/h6-8H2,1-5H3. The summed E-state index contributed by atoms with van der Waals surface area (Å²) >= 11 is 0. The molecule has 88 valence electrons. The van der Waals surface area contributed by atoms with Gasteiger partial charge in [0.05, 0.1) is 7.11 Å². The fourth-order valence-electron chi connectivity index (χ4n) is 1.16. The topological polar surface area (TPSA) is 46.6 Å². The summed E-state index contributed by atoms with van der Waals surface area (Å²) in [7, 11) is 1.32. The number of carbonyl (C=O) groups excluding carboxylic acids is 2. The lowest BCUT2D eigenvalue weighted by atomic mass is 9.91. The van der Waals surface area contributed by atoms with Gasteiger partial charge in [0.1, 0.15) is 6.54 Å². The summed E-state index contributed by atoms with van der Waals surface area (Å²) in [6.07, 6.45) is 0.442. The van der Waals surface area contributed by atoms with Crippen molar-refractivity contribution in [3.05, 3.63) is 0 Å². The third-order valence-corrected chi connectivity index (χ3v) is 1.96. The first-order valence-electron chi connectivity index (χ1n) is 5.14. The fourth-order valence-corrected chi connectivity index (χ4v) is 1.16. The highest BCUT2D eigenvalue weighted by atomic mass is 16.5. The molecule has 0 fully saturated rings. The molecule has 0 aromatic carbocycles. The molecule has 4 heteroatoms. The maximum Gasteiger partial charge on any atom is 0.325 e. The van der Waals surface area contributed by atoms with Gasteiger partial charge in [-0.25, -0.2) is 0 Å². The normalized spacial score (nSPS) is 11.0. The molecule has 0 N–H and O–H groups in total. The molecule has 15 heavy (non-hydrogen) atoms. The smallest absolute Gasteiger partial charge is 0.325 e. The van der Waals surface area contributed by atoms with Gasteiger partial charge in [-0.2, -0.15) is 0 Å². The predicted molar refractivity (Wildman–Crippen MR) is 58.3 cm³/mol. The first-order chi connectivity index (χ1) is 6.80. The molecule has 0 saturated heterocycles. The third kappa shape index (κ3) is 6.10. The second-order valence-corrected chi connectivity index (χ2v) is 4.72. The van der Waals surface area contributed by atoms with Crippen molar-refractivity contribution >= 4 is 11.9 Å². The summed E-state index contributed by atoms with van der Waals surface area (Å²) in [5.74, 6) is -0.380. The lowest BCUT2D eigenvalue weighted by molar-refractivity contribution is -0.147. The Morgan fingerprint density at radius 1 is 1.27 bits per heavy atom. The Balaban J connectivity index is 4.29. The number of amides is 1. The molecule has 0 unspecified atom stereocenters. The monoisotopic (exact) mass is 215 g/mol.